The van der Waals surface area contributed by atoms with Gasteiger partial charge >= 0.3 is 0 Å². The Morgan fingerprint density at radius 3 is 2.29 bits per heavy atom. The predicted molar refractivity (Wildman–Crippen MR) is 44.9 cm³/mol. The van der Waals surface area contributed by atoms with Crippen LogP contribution in [0.3, 0.4) is 0 Å². The van der Waals surface area contributed by atoms with Crippen molar-refractivity contribution in [1.29, 1.82) is 0 Å². The first-order chi connectivity index (χ1) is 6.31. The molecule has 5 nitrogen and oxygen atoms in total. The van der Waals surface area contributed by atoms with E-state index in [1.54, 1.807) is 13.8 Å². The molecule has 1 aliphatic heterocycles. The van der Waals surface area contributed by atoms with Crippen LogP contribution in [0.5, 0.6) is 0 Å². The summed E-state index contributed by atoms with van der Waals surface area (Å²) in [7, 11) is 0. The molecule has 1 unspecified atom stereocenters. The minimum absolute atomic E-state index is 0.148. The largest absolute Gasteiger partial charge is 0.463 e. The smallest absolute Gasteiger partial charge is 0.282 e. The van der Waals surface area contributed by atoms with Crippen LogP contribution in [0.2, 0.25) is 0 Å². The number of hydrogen-bond donors (Lipinski definition) is 3. The van der Waals surface area contributed by atoms with Gasteiger partial charge in [-0.1, -0.05) is 0 Å². The van der Waals surface area contributed by atoms with Crippen LogP contribution in [0, 0.1) is 0 Å². The molecule has 0 radical (unpaired) electrons. The second kappa shape index (κ2) is 2.38. The first kappa shape index (κ1) is 9.67. The van der Waals surface area contributed by atoms with Crippen LogP contribution < -0.4 is 0 Å². The Balaban J connectivity index is 2.36. The van der Waals surface area contributed by atoms with Gasteiger partial charge in [-0.2, -0.15) is 0 Å². The van der Waals surface area contributed by atoms with Crippen LogP contribution >= 0.6 is 0 Å². The molecule has 0 amide bonds. The predicted octanol–water partition coefficient (Wildman–Crippen LogP) is -0.0856. The van der Waals surface area contributed by atoms with Crippen LogP contribution in [-0.4, -0.2) is 26.7 Å². The zero-order valence-corrected chi connectivity index (χ0v) is 7.89. The minimum atomic E-state index is -2.53. The fraction of sp³-hybridized carbons (Fsp3) is 0.556. The van der Waals surface area contributed by atoms with E-state index >= 15 is 0 Å². The van der Waals surface area contributed by atoms with Gasteiger partial charge in [0.25, 0.3) is 11.6 Å². The van der Waals surface area contributed by atoms with Gasteiger partial charge in [0.05, 0.1) is 6.26 Å². The van der Waals surface area contributed by atoms with Crippen molar-refractivity contribution in [3.63, 3.8) is 0 Å². The Kier molecular flexibility index (Phi) is 1.64. The van der Waals surface area contributed by atoms with Crippen molar-refractivity contribution in [1.82, 2.24) is 0 Å². The van der Waals surface area contributed by atoms with Gasteiger partial charge in [0.1, 0.15) is 5.60 Å². The summed E-state index contributed by atoms with van der Waals surface area (Å²) in [5.74, 6) is -4.69. The van der Waals surface area contributed by atoms with Crippen molar-refractivity contribution in [3.8, 4) is 0 Å². The highest BCUT2D eigenvalue weighted by Crippen LogP contribution is 2.54. The summed E-state index contributed by atoms with van der Waals surface area (Å²) in [5.41, 5.74) is -0.997. The van der Waals surface area contributed by atoms with Crippen LogP contribution in [0.25, 0.3) is 0 Å². The van der Waals surface area contributed by atoms with Gasteiger partial charge in [-0.3, -0.25) is 0 Å². The van der Waals surface area contributed by atoms with Gasteiger partial charge in [0, 0.05) is 0 Å². The highest BCUT2D eigenvalue weighted by atomic mass is 16.8. The van der Waals surface area contributed by atoms with Crippen LogP contribution in [0.4, 0.5) is 0 Å². The maximum Gasteiger partial charge on any atom is 0.282 e. The molecular formula is C9H12O5. The van der Waals surface area contributed by atoms with E-state index in [2.05, 4.69) is 0 Å². The van der Waals surface area contributed by atoms with E-state index in [9.17, 15) is 15.3 Å². The summed E-state index contributed by atoms with van der Waals surface area (Å²) >= 11 is 0. The van der Waals surface area contributed by atoms with Crippen molar-refractivity contribution in [2.24, 2.45) is 0 Å². The average Bonchev–Trinajstić information content (AvgIpc) is 2.57. The summed E-state index contributed by atoms with van der Waals surface area (Å²) in [6, 6.07) is 2.85. The van der Waals surface area contributed by atoms with E-state index in [1.165, 1.54) is 18.4 Å². The number of rotatable bonds is 2. The zero-order chi connectivity index (χ0) is 10.6. The third-order valence-electron chi connectivity index (χ3n) is 2.51. The van der Waals surface area contributed by atoms with E-state index < -0.39 is 17.2 Å². The molecule has 1 fully saturated rings. The molecule has 0 saturated carbocycles. The third-order valence-corrected chi connectivity index (χ3v) is 2.51. The molecule has 1 aromatic rings. The number of aliphatic hydroxyl groups is 3. The molecule has 5 heteroatoms. The normalized spacial score (nSPS) is 30.4. The molecule has 1 saturated heterocycles. The van der Waals surface area contributed by atoms with Crippen molar-refractivity contribution in [2.75, 3.05) is 0 Å². The number of ether oxygens (including phenoxy) is 1. The number of hydrogen-bond acceptors (Lipinski definition) is 5. The van der Waals surface area contributed by atoms with Gasteiger partial charge in [0.2, 0.25) is 0 Å². The lowest BCUT2D eigenvalue weighted by molar-refractivity contribution is -0.289. The number of epoxide rings is 1. The summed E-state index contributed by atoms with van der Waals surface area (Å²) in [6.45, 7) is 3.11. The van der Waals surface area contributed by atoms with Gasteiger partial charge < -0.3 is 24.5 Å². The molecule has 0 bridgehead atoms. The van der Waals surface area contributed by atoms with Gasteiger partial charge in [0.15, 0.2) is 5.76 Å². The molecule has 1 aromatic heterocycles. The van der Waals surface area contributed by atoms with Crippen LogP contribution in [0.1, 0.15) is 19.6 Å². The number of furan rings is 1. The quantitative estimate of drug-likeness (QED) is 0.459. The highest BCUT2D eigenvalue weighted by Gasteiger charge is 2.76. The molecule has 3 N–H and O–H groups in total. The van der Waals surface area contributed by atoms with Gasteiger partial charge in [-0.05, 0) is 26.0 Å². The summed E-state index contributed by atoms with van der Waals surface area (Å²) in [5, 5.41) is 29.2. The van der Waals surface area contributed by atoms with E-state index in [0.717, 1.165) is 0 Å². The minimum Gasteiger partial charge on any atom is -0.463 e. The first-order valence-electron chi connectivity index (χ1n) is 4.22. The van der Waals surface area contributed by atoms with Gasteiger partial charge in [-0.15, -0.1) is 0 Å². The maximum atomic E-state index is 9.77. The fourth-order valence-electron chi connectivity index (χ4n) is 1.48. The van der Waals surface area contributed by atoms with Crippen molar-refractivity contribution < 1.29 is 24.5 Å². The molecule has 1 atom stereocenters. The second-order valence-electron chi connectivity index (χ2n) is 3.91. The molecule has 1 aliphatic rings. The van der Waals surface area contributed by atoms with E-state index in [0.29, 0.717) is 0 Å². The lowest BCUT2D eigenvalue weighted by Crippen LogP contribution is -2.46. The average molecular weight is 200 g/mol. The summed E-state index contributed by atoms with van der Waals surface area (Å²) in [4.78, 5) is 0. The van der Waals surface area contributed by atoms with E-state index in [1.807, 2.05) is 0 Å². The standard InChI is InChI=1S/C9H12O5/c1-7(2)9(12,14-7)8(10,11)6-4-3-5-13-6/h3-5,10-12H,1-2H3. The Labute approximate surface area is 80.5 Å². The molecular weight excluding hydrogens is 188 g/mol. The van der Waals surface area contributed by atoms with Crippen molar-refractivity contribution in [3.05, 3.63) is 24.2 Å². The molecule has 78 valence electrons. The SMILES string of the molecule is CC1(C)OC1(O)C(O)(O)c1ccco1. The van der Waals surface area contributed by atoms with Crippen LogP contribution in [0.15, 0.2) is 22.8 Å². The Morgan fingerprint density at radius 2 is 1.93 bits per heavy atom. The van der Waals surface area contributed by atoms with Gasteiger partial charge in [-0.25, -0.2) is 0 Å². The summed E-state index contributed by atoms with van der Waals surface area (Å²) < 4.78 is 9.69. The van der Waals surface area contributed by atoms with Crippen LogP contribution in [-0.2, 0) is 10.5 Å². The second-order valence-corrected chi connectivity index (χ2v) is 3.91. The van der Waals surface area contributed by atoms with E-state index in [-0.39, 0.29) is 5.76 Å². The molecule has 14 heavy (non-hydrogen) atoms. The lowest BCUT2D eigenvalue weighted by atomic mass is 9.97. The Bertz CT molecular complexity index is 340. The fourth-order valence-corrected chi connectivity index (χ4v) is 1.48. The molecule has 0 aromatic carbocycles. The Hall–Kier alpha value is -0.880. The molecule has 0 spiro atoms. The summed E-state index contributed by atoms with van der Waals surface area (Å²) in [6.07, 6.45) is 1.29. The molecule has 2 heterocycles. The Morgan fingerprint density at radius 1 is 1.36 bits per heavy atom. The monoisotopic (exact) mass is 200 g/mol. The lowest BCUT2D eigenvalue weighted by Gasteiger charge is -2.23. The first-order valence-corrected chi connectivity index (χ1v) is 4.22. The topological polar surface area (TPSA) is 86.4 Å². The highest BCUT2D eigenvalue weighted by molar-refractivity contribution is 5.19. The molecule has 0 aliphatic carbocycles. The van der Waals surface area contributed by atoms with Crippen molar-refractivity contribution >= 4 is 0 Å². The third kappa shape index (κ3) is 0.978. The van der Waals surface area contributed by atoms with Crippen molar-refractivity contribution in [2.45, 2.75) is 31.0 Å². The molecule has 2 rings (SSSR count). The maximum absolute atomic E-state index is 9.77. The van der Waals surface area contributed by atoms with E-state index in [4.69, 9.17) is 9.15 Å². The zero-order valence-electron chi connectivity index (χ0n) is 7.89.